The second-order valence-corrected chi connectivity index (χ2v) is 4.80. The van der Waals surface area contributed by atoms with Gasteiger partial charge in [-0.25, -0.2) is 4.98 Å². The van der Waals surface area contributed by atoms with Gasteiger partial charge in [0.25, 0.3) is 0 Å². The molecule has 0 aliphatic heterocycles. The van der Waals surface area contributed by atoms with Gasteiger partial charge in [-0.15, -0.1) is 11.3 Å². The van der Waals surface area contributed by atoms with Gasteiger partial charge in [0.1, 0.15) is 22.6 Å². The van der Waals surface area contributed by atoms with Crippen LogP contribution in [0.3, 0.4) is 0 Å². The zero-order valence-corrected chi connectivity index (χ0v) is 10.5. The number of ether oxygens (including phenoxy) is 1. The number of hydrogen-bond donors (Lipinski definition) is 0. The number of aldehydes is 1. The van der Waals surface area contributed by atoms with E-state index in [1.165, 1.54) is 0 Å². The zero-order chi connectivity index (χ0) is 12.5. The molecule has 0 unspecified atom stereocenters. The van der Waals surface area contributed by atoms with Crippen molar-refractivity contribution in [1.29, 1.82) is 0 Å². The number of aromatic nitrogens is 2. The van der Waals surface area contributed by atoms with Gasteiger partial charge in [0.05, 0.1) is 18.2 Å². The van der Waals surface area contributed by atoms with Crippen LogP contribution >= 0.6 is 11.3 Å². The predicted molar refractivity (Wildman–Crippen MR) is 70.4 cm³/mol. The highest BCUT2D eigenvalue weighted by atomic mass is 32.1. The minimum atomic E-state index is 0.637. The number of hydrogen-bond acceptors (Lipinski definition) is 4. The molecule has 0 bridgehead atoms. The molecule has 0 radical (unpaired) electrons. The Labute approximate surface area is 107 Å². The van der Waals surface area contributed by atoms with E-state index in [0.29, 0.717) is 5.69 Å². The van der Waals surface area contributed by atoms with Gasteiger partial charge in [0, 0.05) is 0 Å². The molecule has 5 heteroatoms. The SMILES string of the molecule is COc1ccc(-c2sc3cncn3c2C=O)cc1. The molecule has 3 rings (SSSR count). The van der Waals surface area contributed by atoms with E-state index in [-0.39, 0.29) is 0 Å². The molecular formula is C13H10N2O2S. The summed E-state index contributed by atoms with van der Waals surface area (Å²) in [5, 5.41) is 0. The number of thiazole rings is 1. The molecule has 0 spiro atoms. The van der Waals surface area contributed by atoms with Crippen LogP contribution in [-0.2, 0) is 0 Å². The predicted octanol–water partition coefficient (Wildman–Crippen LogP) is 2.88. The lowest BCUT2D eigenvalue weighted by atomic mass is 10.1. The van der Waals surface area contributed by atoms with Crippen LogP contribution in [0.2, 0.25) is 0 Å². The fourth-order valence-electron chi connectivity index (χ4n) is 1.87. The quantitative estimate of drug-likeness (QED) is 0.678. The highest BCUT2D eigenvalue weighted by molar-refractivity contribution is 7.21. The normalized spacial score (nSPS) is 10.7. The van der Waals surface area contributed by atoms with Crippen molar-refractivity contribution >= 4 is 22.5 Å². The number of fused-ring (bicyclic) bond motifs is 1. The summed E-state index contributed by atoms with van der Waals surface area (Å²) < 4.78 is 6.93. The van der Waals surface area contributed by atoms with Crippen molar-refractivity contribution in [1.82, 2.24) is 9.38 Å². The fourth-order valence-corrected chi connectivity index (χ4v) is 2.94. The van der Waals surface area contributed by atoms with Crippen LogP contribution in [0.1, 0.15) is 10.5 Å². The number of carbonyl (C=O) groups is 1. The van der Waals surface area contributed by atoms with Gasteiger partial charge < -0.3 is 4.74 Å². The molecule has 0 fully saturated rings. The van der Waals surface area contributed by atoms with Crippen molar-refractivity contribution in [3.63, 3.8) is 0 Å². The van der Waals surface area contributed by atoms with Gasteiger partial charge in [-0.2, -0.15) is 0 Å². The minimum absolute atomic E-state index is 0.637. The van der Waals surface area contributed by atoms with Gasteiger partial charge in [-0.1, -0.05) is 0 Å². The van der Waals surface area contributed by atoms with Crippen molar-refractivity contribution in [2.75, 3.05) is 7.11 Å². The van der Waals surface area contributed by atoms with E-state index in [9.17, 15) is 4.79 Å². The smallest absolute Gasteiger partial charge is 0.168 e. The zero-order valence-electron chi connectivity index (χ0n) is 9.66. The van der Waals surface area contributed by atoms with Crippen LogP contribution in [0.4, 0.5) is 0 Å². The number of nitrogens with zero attached hydrogens (tertiary/aromatic N) is 2. The molecule has 0 aliphatic carbocycles. The average molecular weight is 258 g/mol. The van der Waals surface area contributed by atoms with E-state index < -0.39 is 0 Å². The molecule has 0 amide bonds. The average Bonchev–Trinajstić information content (AvgIpc) is 2.98. The summed E-state index contributed by atoms with van der Waals surface area (Å²) in [7, 11) is 1.63. The van der Waals surface area contributed by atoms with Crippen LogP contribution in [0.15, 0.2) is 36.8 Å². The summed E-state index contributed by atoms with van der Waals surface area (Å²) in [5.41, 5.74) is 1.64. The van der Waals surface area contributed by atoms with Crippen LogP contribution in [0.25, 0.3) is 15.3 Å². The first-order valence-corrected chi connectivity index (χ1v) is 6.19. The molecule has 90 valence electrons. The highest BCUT2D eigenvalue weighted by Crippen LogP contribution is 2.33. The Morgan fingerprint density at radius 2 is 2.11 bits per heavy atom. The van der Waals surface area contributed by atoms with Crippen molar-refractivity contribution < 1.29 is 9.53 Å². The first-order chi connectivity index (χ1) is 8.83. The molecule has 1 aromatic carbocycles. The molecule has 0 saturated heterocycles. The number of rotatable bonds is 3. The second kappa shape index (κ2) is 4.27. The lowest BCUT2D eigenvalue weighted by Gasteiger charge is -2.02. The van der Waals surface area contributed by atoms with E-state index in [0.717, 1.165) is 27.3 Å². The summed E-state index contributed by atoms with van der Waals surface area (Å²) in [5.74, 6) is 0.802. The van der Waals surface area contributed by atoms with E-state index in [1.807, 2.05) is 24.3 Å². The van der Waals surface area contributed by atoms with E-state index in [2.05, 4.69) is 4.98 Å². The van der Waals surface area contributed by atoms with E-state index in [1.54, 1.807) is 35.4 Å². The topological polar surface area (TPSA) is 43.6 Å². The van der Waals surface area contributed by atoms with Crippen LogP contribution < -0.4 is 4.74 Å². The third-order valence-electron chi connectivity index (χ3n) is 2.77. The van der Waals surface area contributed by atoms with Crippen molar-refractivity contribution in [3.8, 4) is 16.2 Å². The molecule has 0 N–H and O–H groups in total. The largest absolute Gasteiger partial charge is 0.497 e. The Morgan fingerprint density at radius 3 is 2.78 bits per heavy atom. The lowest BCUT2D eigenvalue weighted by molar-refractivity contribution is 0.111. The van der Waals surface area contributed by atoms with Gasteiger partial charge in [-0.05, 0) is 29.8 Å². The van der Waals surface area contributed by atoms with Crippen LogP contribution in [0, 0.1) is 0 Å². The fraction of sp³-hybridized carbons (Fsp3) is 0.0769. The molecule has 4 nitrogen and oxygen atoms in total. The minimum Gasteiger partial charge on any atom is -0.497 e. The van der Waals surface area contributed by atoms with Crippen LogP contribution in [0.5, 0.6) is 5.75 Å². The molecule has 0 saturated carbocycles. The standard InChI is InChI=1S/C13H10N2O2S/c1-17-10-4-2-9(3-5-10)13-11(7-16)15-8-14-6-12(15)18-13/h2-8H,1H3. The first-order valence-electron chi connectivity index (χ1n) is 5.38. The Hall–Kier alpha value is -2.14. The summed E-state index contributed by atoms with van der Waals surface area (Å²) in [4.78, 5) is 17.2. The maximum atomic E-state index is 11.2. The van der Waals surface area contributed by atoms with Gasteiger partial charge >= 0.3 is 0 Å². The summed E-state index contributed by atoms with van der Waals surface area (Å²) in [6.45, 7) is 0. The Bertz CT molecular complexity index is 697. The number of imidazole rings is 1. The number of carbonyl (C=O) groups excluding carboxylic acids is 1. The third kappa shape index (κ3) is 1.60. The van der Waals surface area contributed by atoms with Crippen molar-refractivity contribution in [3.05, 3.63) is 42.5 Å². The lowest BCUT2D eigenvalue weighted by Crippen LogP contribution is -1.89. The van der Waals surface area contributed by atoms with Crippen molar-refractivity contribution in [2.24, 2.45) is 0 Å². The van der Waals surface area contributed by atoms with Gasteiger partial charge in [0.15, 0.2) is 6.29 Å². The first kappa shape index (κ1) is 11.0. The third-order valence-corrected chi connectivity index (χ3v) is 3.93. The second-order valence-electron chi connectivity index (χ2n) is 3.76. The van der Waals surface area contributed by atoms with E-state index in [4.69, 9.17) is 4.74 Å². The van der Waals surface area contributed by atoms with Crippen molar-refractivity contribution in [2.45, 2.75) is 0 Å². The molecule has 0 aliphatic rings. The number of methoxy groups -OCH3 is 1. The molecule has 18 heavy (non-hydrogen) atoms. The van der Waals surface area contributed by atoms with Gasteiger partial charge in [0.2, 0.25) is 0 Å². The Balaban J connectivity index is 2.17. The summed E-state index contributed by atoms with van der Waals surface area (Å²) in [6, 6.07) is 7.67. The highest BCUT2D eigenvalue weighted by Gasteiger charge is 2.13. The Morgan fingerprint density at radius 1 is 1.33 bits per heavy atom. The Kier molecular flexibility index (Phi) is 2.60. The number of benzene rings is 1. The van der Waals surface area contributed by atoms with Crippen LogP contribution in [-0.4, -0.2) is 22.8 Å². The molecule has 2 heterocycles. The maximum Gasteiger partial charge on any atom is 0.168 e. The van der Waals surface area contributed by atoms with Gasteiger partial charge in [-0.3, -0.25) is 9.20 Å². The van der Waals surface area contributed by atoms with E-state index >= 15 is 0 Å². The molecule has 2 aromatic heterocycles. The summed E-state index contributed by atoms with van der Waals surface area (Å²) in [6.07, 6.45) is 4.28. The molecule has 3 aromatic rings. The maximum absolute atomic E-state index is 11.2. The molecular weight excluding hydrogens is 248 g/mol. The monoisotopic (exact) mass is 258 g/mol. The summed E-state index contributed by atoms with van der Waals surface area (Å²) >= 11 is 1.55. The molecule has 0 atom stereocenters.